The molecule has 0 saturated carbocycles. The molecule has 6 heteroatoms. The number of nitrogens with one attached hydrogen (secondary N) is 1. The van der Waals surface area contributed by atoms with Crippen molar-refractivity contribution in [3.05, 3.63) is 82.9 Å². The predicted octanol–water partition coefficient (Wildman–Crippen LogP) is 4.33. The first-order chi connectivity index (χ1) is 14.9. The molecule has 1 aliphatic heterocycles. The second kappa shape index (κ2) is 8.81. The topological polar surface area (TPSA) is 36.3 Å². The van der Waals surface area contributed by atoms with Gasteiger partial charge < -0.3 is 19.7 Å². The van der Waals surface area contributed by atoms with Crippen LogP contribution >= 0.6 is 12.2 Å². The Bertz CT molecular complexity index is 1060. The maximum Gasteiger partial charge on any atom is 0.170 e. The van der Waals surface area contributed by atoms with Crippen LogP contribution in [0.4, 0.5) is 0 Å². The van der Waals surface area contributed by atoms with Crippen LogP contribution in [0.2, 0.25) is 0 Å². The summed E-state index contributed by atoms with van der Waals surface area (Å²) >= 11 is 5.80. The zero-order valence-electron chi connectivity index (χ0n) is 19.0. The molecule has 2 aromatic heterocycles. The molecule has 3 aromatic rings. The van der Waals surface area contributed by atoms with Gasteiger partial charge in [-0.15, -0.1) is 0 Å². The predicted molar refractivity (Wildman–Crippen MR) is 131 cm³/mol. The first kappa shape index (κ1) is 21.5. The smallest absolute Gasteiger partial charge is 0.170 e. The molecule has 3 heterocycles. The van der Waals surface area contributed by atoms with E-state index in [4.69, 9.17) is 12.2 Å². The van der Waals surface area contributed by atoms with Crippen LogP contribution in [0.5, 0.6) is 0 Å². The molecule has 1 saturated heterocycles. The van der Waals surface area contributed by atoms with Crippen molar-refractivity contribution in [2.24, 2.45) is 0 Å². The molecule has 1 aromatic carbocycles. The van der Waals surface area contributed by atoms with E-state index in [1.54, 1.807) is 0 Å². The number of rotatable bonds is 6. The van der Waals surface area contributed by atoms with E-state index >= 15 is 0 Å². The van der Waals surface area contributed by atoms with Gasteiger partial charge in [-0.25, -0.2) is 0 Å². The summed E-state index contributed by atoms with van der Waals surface area (Å²) in [6.07, 6.45) is 1.86. The second-order valence-electron chi connectivity index (χ2n) is 8.62. The van der Waals surface area contributed by atoms with Crippen molar-refractivity contribution in [2.45, 2.75) is 32.9 Å². The minimum absolute atomic E-state index is 0.0165. The lowest BCUT2D eigenvalue weighted by molar-refractivity contribution is 0.277. The van der Waals surface area contributed by atoms with Gasteiger partial charge in [0.2, 0.25) is 0 Å². The summed E-state index contributed by atoms with van der Waals surface area (Å²) in [4.78, 5) is 9.19. The van der Waals surface area contributed by atoms with Gasteiger partial charge in [0.05, 0.1) is 17.8 Å². The number of pyridine rings is 1. The molecule has 31 heavy (non-hydrogen) atoms. The van der Waals surface area contributed by atoms with Gasteiger partial charge >= 0.3 is 0 Å². The lowest BCUT2D eigenvalue weighted by Gasteiger charge is -2.29. The normalized spacial score (nSPS) is 18.6. The summed E-state index contributed by atoms with van der Waals surface area (Å²) in [5.74, 6) is 0. The van der Waals surface area contributed by atoms with Crippen LogP contribution in [0, 0.1) is 20.8 Å². The van der Waals surface area contributed by atoms with E-state index in [1.165, 1.54) is 28.2 Å². The van der Waals surface area contributed by atoms with E-state index < -0.39 is 0 Å². The van der Waals surface area contributed by atoms with Crippen LogP contribution in [-0.2, 0) is 0 Å². The summed E-state index contributed by atoms with van der Waals surface area (Å²) in [6, 6.07) is 17.2. The van der Waals surface area contributed by atoms with Crippen LogP contribution in [-0.4, -0.2) is 51.6 Å². The Balaban J connectivity index is 1.80. The number of hydrogen-bond acceptors (Lipinski definition) is 3. The van der Waals surface area contributed by atoms with Crippen molar-refractivity contribution in [1.82, 2.24) is 24.7 Å². The quantitative estimate of drug-likeness (QED) is 0.586. The molecule has 1 fully saturated rings. The maximum absolute atomic E-state index is 5.80. The first-order valence-electron chi connectivity index (χ1n) is 10.8. The Morgan fingerprint density at radius 2 is 1.81 bits per heavy atom. The van der Waals surface area contributed by atoms with E-state index in [0.29, 0.717) is 0 Å². The SMILES string of the molecule is Cc1ccc(-n2c(C)cc([C@@H]3[C@H](c4ccccn4)NC(=S)N3CCN(C)C)c2C)cc1. The van der Waals surface area contributed by atoms with Gasteiger partial charge in [0.25, 0.3) is 0 Å². The Kier molecular flexibility index (Phi) is 6.12. The van der Waals surface area contributed by atoms with Crippen molar-refractivity contribution in [3.63, 3.8) is 0 Å². The van der Waals surface area contributed by atoms with E-state index in [2.05, 4.69) is 95.9 Å². The molecule has 0 radical (unpaired) electrons. The van der Waals surface area contributed by atoms with E-state index in [-0.39, 0.29) is 12.1 Å². The number of thiocarbonyl (C=S) groups is 1. The number of aryl methyl sites for hydroxylation is 2. The average molecular weight is 434 g/mol. The van der Waals surface area contributed by atoms with E-state index in [1.807, 2.05) is 18.3 Å². The second-order valence-corrected chi connectivity index (χ2v) is 9.01. The monoisotopic (exact) mass is 433 g/mol. The van der Waals surface area contributed by atoms with Crippen LogP contribution in [0.25, 0.3) is 5.69 Å². The highest BCUT2D eigenvalue weighted by Gasteiger charge is 2.41. The highest BCUT2D eigenvalue weighted by molar-refractivity contribution is 7.80. The first-order valence-corrected chi connectivity index (χ1v) is 11.2. The van der Waals surface area contributed by atoms with Gasteiger partial charge in [-0.3, -0.25) is 4.98 Å². The van der Waals surface area contributed by atoms with Gasteiger partial charge in [-0.1, -0.05) is 23.8 Å². The van der Waals surface area contributed by atoms with Crippen molar-refractivity contribution in [2.75, 3.05) is 27.2 Å². The molecular formula is C25H31N5S. The number of benzene rings is 1. The molecule has 0 bridgehead atoms. The van der Waals surface area contributed by atoms with Crippen molar-refractivity contribution in [3.8, 4) is 5.69 Å². The maximum atomic E-state index is 5.80. The zero-order chi connectivity index (χ0) is 22.1. The Morgan fingerprint density at radius 3 is 2.45 bits per heavy atom. The largest absolute Gasteiger partial charge is 0.352 e. The highest BCUT2D eigenvalue weighted by Crippen LogP contribution is 2.41. The summed E-state index contributed by atoms with van der Waals surface area (Å²) < 4.78 is 2.34. The Morgan fingerprint density at radius 1 is 1.06 bits per heavy atom. The van der Waals surface area contributed by atoms with Crippen LogP contribution in [0.3, 0.4) is 0 Å². The van der Waals surface area contributed by atoms with Gasteiger partial charge in [0.1, 0.15) is 0 Å². The summed E-state index contributed by atoms with van der Waals surface area (Å²) in [7, 11) is 4.20. The molecule has 4 rings (SSSR count). The summed E-state index contributed by atoms with van der Waals surface area (Å²) in [6.45, 7) is 8.31. The number of hydrogen-bond donors (Lipinski definition) is 1. The molecule has 1 aliphatic rings. The van der Waals surface area contributed by atoms with Crippen LogP contribution in [0.1, 0.15) is 40.3 Å². The minimum atomic E-state index is 0.0165. The van der Waals surface area contributed by atoms with Gasteiger partial charge in [-0.05, 0) is 83.0 Å². The summed E-state index contributed by atoms with van der Waals surface area (Å²) in [5.41, 5.74) is 7.23. The fourth-order valence-electron chi connectivity index (χ4n) is 4.47. The van der Waals surface area contributed by atoms with E-state index in [0.717, 1.165) is 23.9 Å². The number of nitrogens with zero attached hydrogens (tertiary/aromatic N) is 4. The summed E-state index contributed by atoms with van der Waals surface area (Å²) in [5, 5.41) is 4.36. The molecule has 1 N–H and O–H groups in total. The number of aromatic nitrogens is 2. The molecule has 0 unspecified atom stereocenters. The number of likely N-dealkylation sites (N-methyl/N-ethyl adjacent to an activating group) is 1. The molecule has 0 spiro atoms. The third-order valence-corrected chi connectivity index (χ3v) is 6.42. The minimum Gasteiger partial charge on any atom is -0.352 e. The third-order valence-electron chi connectivity index (χ3n) is 6.07. The van der Waals surface area contributed by atoms with Crippen molar-refractivity contribution >= 4 is 17.3 Å². The molecule has 5 nitrogen and oxygen atoms in total. The van der Waals surface area contributed by atoms with Gasteiger partial charge in [0.15, 0.2) is 5.11 Å². The fourth-order valence-corrected chi connectivity index (χ4v) is 4.80. The third kappa shape index (κ3) is 4.23. The van der Waals surface area contributed by atoms with Gasteiger partial charge in [-0.2, -0.15) is 0 Å². The molecule has 0 aliphatic carbocycles. The lowest BCUT2D eigenvalue weighted by atomic mass is 9.96. The standard InChI is InChI=1S/C25H31N5S/c1-17-9-11-20(12-10-17)30-18(2)16-21(19(30)3)24-23(22-8-6-7-13-26-22)27-25(31)29(24)15-14-28(4)5/h6-13,16,23-24H,14-15H2,1-5H3,(H,27,31)/t23-,24+/m0/s1. The zero-order valence-corrected chi connectivity index (χ0v) is 19.8. The fraction of sp³-hybridized carbons (Fsp3) is 0.360. The lowest BCUT2D eigenvalue weighted by Crippen LogP contribution is -2.35. The Hall–Kier alpha value is -2.70. The molecule has 162 valence electrons. The highest BCUT2D eigenvalue weighted by atomic mass is 32.1. The van der Waals surface area contributed by atoms with Crippen molar-refractivity contribution in [1.29, 1.82) is 0 Å². The molecule has 0 amide bonds. The molecule has 2 atom stereocenters. The molecular weight excluding hydrogens is 402 g/mol. The van der Waals surface area contributed by atoms with Crippen molar-refractivity contribution < 1.29 is 0 Å². The van der Waals surface area contributed by atoms with Crippen LogP contribution in [0.15, 0.2) is 54.7 Å². The average Bonchev–Trinajstić information content (AvgIpc) is 3.23. The Labute approximate surface area is 190 Å². The van der Waals surface area contributed by atoms with Gasteiger partial charge in [0, 0.05) is 36.4 Å². The van der Waals surface area contributed by atoms with E-state index in [9.17, 15) is 0 Å². The van der Waals surface area contributed by atoms with Crippen LogP contribution < -0.4 is 5.32 Å².